The molecule has 148 valence electrons. The van der Waals surface area contributed by atoms with Gasteiger partial charge in [-0.1, -0.05) is 5.21 Å². The number of benzene rings is 1. The summed E-state index contributed by atoms with van der Waals surface area (Å²) in [5.74, 6) is 0.538. The number of aliphatic hydroxyl groups is 1. The molecule has 0 saturated heterocycles. The SMILES string of the molecule is Cc1[nH]nc2ccc(C(=O)NC3CC(CCn4cc(C(C)(C)O)nn4)C3)cc12. The molecule has 1 fully saturated rings. The van der Waals surface area contributed by atoms with Crippen LogP contribution >= 0.6 is 0 Å². The van der Waals surface area contributed by atoms with Crippen LogP contribution in [0.5, 0.6) is 0 Å². The first-order valence-corrected chi connectivity index (χ1v) is 9.68. The Bertz CT molecular complexity index is 994. The van der Waals surface area contributed by atoms with Crippen LogP contribution in [0.15, 0.2) is 24.4 Å². The molecule has 0 bridgehead atoms. The number of nitrogens with one attached hydrogen (secondary N) is 2. The third-order valence-corrected chi connectivity index (χ3v) is 5.51. The van der Waals surface area contributed by atoms with Gasteiger partial charge >= 0.3 is 0 Å². The maximum absolute atomic E-state index is 12.5. The van der Waals surface area contributed by atoms with Crippen molar-refractivity contribution in [1.82, 2.24) is 30.5 Å². The number of hydrogen-bond acceptors (Lipinski definition) is 5. The molecule has 0 atom stereocenters. The normalized spacial score (nSPS) is 19.6. The first-order valence-electron chi connectivity index (χ1n) is 9.68. The standard InChI is InChI=1S/C20H26N6O2/c1-12-16-10-14(4-5-17(16)23-22-12)19(27)21-15-8-13(9-15)6-7-26-11-18(24-25-26)20(2,3)28/h4-5,10-11,13,15,28H,6-9H2,1-3H3,(H,21,27)(H,22,23). The van der Waals surface area contributed by atoms with E-state index < -0.39 is 5.60 Å². The van der Waals surface area contributed by atoms with Crippen molar-refractivity contribution in [2.75, 3.05) is 0 Å². The van der Waals surface area contributed by atoms with E-state index in [0.29, 0.717) is 17.2 Å². The van der Waals surface area contributed by atoms with Crippen LogP contribution in [0.4, 0.5) is 0 Å². The summed E-state index contributed by atoms with van der Waals surface area (Å²) < 4.78 is 1.78. The molecule has 0 spiro atoms. The molecule has 3 aromatic rings. The Labute approximate surface area is 163 Å². The lowest BCUT2D eigenvalue weighted by molar-refractivity contribution is 0.0737. The molecule has 3 N–H and O–H groups in total. The van der Waals surface area contributed by atoms with E-state index in [1.165, 1.54) is 0 Å². The second kappa shape index (κ2) is 7.01. The Kier molecular flexibility index (Phi) is 4.66. The summed E-state index contributed by atoms with van der Waals surface area (Å²) in [7, 11) is 0. The van der Waals surface area contributed by atoms with Gasteiger partial charge in [0.25, 0.3) is 5.91 Å². The van der Waals surface area contributed by atoms with Crippen LogP contribution in [0.1, 0.15) is 54.9 Å². The number of aromatic nitrogens is 5. The van der Waals surface area contributed by atoms with Crippen molar-refractivity contribution in [3.05, 3.63) is 41.3 Å². The highest BCUT2D eigenvalue weighted by Crippen LogP contribution is 2.31. The zero-order valence-corrected chi connectivity index (χ0v) is 16.4. The van der Waals surface area contributed by atoms with Crippen molar-refractivity contribution in [1.29, 1.82) is 0 Å². The molecule has 0 radical (unpaired) electrons. The average Bonchev–Trinajstić information content (AvgIpc) is 3.23. The summed E-state index contributed by atoms with van der Waals surface area (Å²) in [6.45, 7) is 6.12. The predicted octanol–water partition coefficient (Wildman–Crippen LogP) is 2.29. The van der Waals surface area contributed by atoms with Gasteiger partial charge in [-0.15, -0.1) is 5.10 Å². The van der Waals surface area contributed by atoms with Crippen molar-refractivity contribution >= 4 is 16.8 Å². The summed E-state index contributed by atoms with van der Waals surface area (Å²) in [6, 6.07) is 5.81. The number of aryl methyl sites for hydroxylation is 2. The number of amides is 1. The molecular weight excluding hydrogens is 356 g/mol. The van der Waals surface area contributed by atoms with Gasteiger partial charge in [-0.2, -0.15) is 5.10 Å². The molecule has 28 heavy (non-hydrogen) atoms. The van der Waals surface area contributed by atoms with E-state index in [1.54, 1.807) is 24.7 Å². The third kappa shape index (κ3) is 3.77. The van der Waals surface area contributed by atoms with Crippen molar-refractivity contribution in [3.63, 3.8) is 0 Å². The molecule has 1 aromatic carbocycles. The lowest BCUT2D eigenvalue weighted by Gasteiger charge is -2.35. The topological polar surface area (TPSA) is 109 Å². The smallest absolute Gasteiger partial charge is 0.251 e. The molecule has 1 amide bonds. The largest absolute Gasteiger partial charge is 0.384 e. The lowest BCUT2D eigenvalue weighted by Crippen LogP contribution is -2.44. The number of H-pyrrole nitrogens is 1. The fraction of sp³-hybridized carbons (Fsp3) is 0.500. The molecule has 1 aliphatic carbocycles. The van der Waals surface area contributed by atoms with Gasteiger partial charge in [-0.05, 0) is 64.2 Å². The summed E-state index contributed by atoms with van der Waals surface area (Å²) in [5.41, 5.74) is 2.12. The Hall–Kier alpha value is -2.74. The molecule has 1 aliphatic rings. The van der Waals surface area contributed by atoms with E-state index in [-0.39, 0.29) is 11.9 Å². The van der Waals surface area contributed by atoms with Crippen LogP contribution in [0.25, 0.3) is 10.9 Å². The minimum absolute atomic E-state index is 0.0305. The van der Waals surface area contributed by atoms with Crippen molar-refractivity contribution in [2.24, 2.45) is 5.92 Å². The van der Waals surface area contributed by atoms with Crippen LogP contribution in [-0.4, -0.2) is 42.2 Å². The zero-order valence-electron chi connectivity index (χ0n) is 16.4. The average molecular weight is 382 g/mol. The number of aromatic amines is 1. The number of hydrogen-bond donors (Lipinski definition) is 3. The number of carbonyl (C=O) groups excluding carboxylic acids is 1. The summed E-state index contributed by atoms with van der Waals surface area (Å²) >= 11 is 0. The van der Waals surface area contributed by atoms with Gasteiger partial charge in [0, 0.05) is 29.2 Å². The number of carbonyl (C=O) groups is 1. The molecule has 8 heteroatoms. The van der Waals surface area contributed by atoms with E-state index in [4.69, 9.17) is 0 Å². The fourth-order valence-electron chi connectivity index (χ4n) is 3.64. The molecule has 0 unspecified atom stereocenters. The Morgan fingerprint density at radius 1 is 1.39 bits per heavy atom. The van der Waals surface area contributed by atoms with E-state index in [2.05, 4.69) is 25.8 Å². The van der Waals surface area contributed by atoms with Gasteiger partial charge in [0.1, 0.15) is 11.3 Å². The quantitative estimate of drug-likeness (QED) is 0.606. The highest BCUT2D eigenvalue weighted by molar-refractivity contribution is 5.98. The Balaban J connectivity index is 1.25. The van der Waals surface area contributed by atoms with Gasteiger partial charge < -0.3 is 10.4 Å². The van der Waals surface area contributed by atoms with Crippen LogP contribution in [0.2, 0.25) is 0 Å². The van der Waals surface area contributed by atoms with Crippen molar-refractivity contribution in [2.45, 2.75) is 58.2 Å². The van der Waals surface area contributed by atoms with Crippen molar-refractivity contribution < 1.29 is 9.90 Å². The van der Waals surface area contributed by atoms with Crippen LogP contribution < -0.4 is 5.32 Å². The van der Waals surface area contributed by atoms with Gasteiger partial charge in [0.15, 0.2) is 0 Å². The van der Waals surface area contributed by atoms with Crippen LogP contribution in [0.3, 0.4) is 0 Å². The minimum atomic E-state index is -0.970. The second-order valence-electron chi connectivity index (χ2n) is 8.30. The zero-order chi connectivity index (χ0) is 19.9. The molecule has 0 aliphatic heterocycles. The van der Waals surface area contributed by atoms with Crippen LogP contribution in [0, 0.1) is 12.8 Å². The molecule has 4 rings (SSSR count). The predicted molar refractivity (Wildman–Crippen MR) is 105 cm³/mol. The van der Waals surface area contributed by atoms with Gasteiger partial charge in [-0.3, -0.25) is 14.6 Å². The molecule has 8 nitrogen and oxygen atoms in total. The highest BCUT2D eigenvalue weighted by Gasteiger charge is 2.30. The Morgan fingerprint density at radius 3 is 2.89 bits per heavy atom. The summed E-state index contributed by atoms with van der Waals surface area (Å²) in [5, 5.41) is 29.3. The molecule has 2 heterocycles. The van der Waals surface area contributed by atoms with Gasteiger partial charge in [0.2, 0.25) is 0 Å². The second-order valence-corrected chi connectivity index (χ2v) is 8.30. The summed E-state index contributed by atoms with van der Waals surface area (Å²) in [6.07, 6.45) is 4.74. The van der Waals surface area contributed by atoms with E-state index >= 15 is 0 Å². The lowest BCUT2D eigenvalue weighted by atomic mass is 9.78. The van der Waals surface area contributed by atoms with E-state index in [1.807, 2.05) is 25.1 Å². The maximum Gasteiger partial charge on any atom is 0.251 e. The first kappa shape index (κ1) is 18.6. The molecule has 2 aromatic heterocycles. The molecule has 1 saturated carbocycles. The fourth-order valence-corrected chi connectivity index (χ4v) is 3.64. The minimum Gasteiger partial charge on any atom is -0.384 e. The first-order chi connectivity index (χ1) is 13.3. The molecular formula is C20H26N6O2. The number of nitrogens with zero attached hydrogens (tertiary/aromatic N) is 4. The van der Waals surface area contributed by atoms with Gasteiger partial charge in [-0.25, -0.2) is 0 Å². The van der Waals surface area contributed by atoms with Gasteiger partial charge in [0.05, 0.1) is 11.7 Å². The van der Waals surface area contributed by atoms with Crippen molar-refractivity contribution in [3.8, 4) is 0 Å². The number of fused-ring (bicyclic) bond motifs is 1. The Morgan fingerprint density at radius 2 is 2.18 bits per heavy atom. The van der Waals surface area contributed by atoms with E-state index in [0.717, 1.165) is 42.4 Å². The van der Waals surface area contributed by atoms with Crippen LogP contribution in [-0.2, 0) is 12.1 Å². The maximum atomic E-state index is 12.5. The highest BCUT2D eigenvalue weighted by atomic mass is 16.3. The monoisotopic (exact) mass is 382 g/mol. The van der Waals surface area contributed by atoms with E-state index in [9.17, 15) is 9.90 Å². The third-order valence-electron chi connectivity index (χ3n) is 5.51. The number of rotatable bonds is 6. The summed E-state index contributed by atoms with van der Waals surface area (Å²) in [4.78, 5) is 12.5.